The number of hydrogen-bond acceptors (Lipinski definition) is 6. The third-order valence-corrected chi connectivity index (χ3v) is 8.15. The third-order valence-electron chi connectivity index (χ3n) is 8.15. The molecule has 242 valence electrons. The summed E-state index contributed by atoms with van der Waals surface area (Å²) < 4.78 is 16.9. The Hall–Kier alpha value is -4.04. The van der Waals surface area contributed by atoms with Gasteiger partial charge < -0.3 is 24.8 Å². The van der Waals surface area contributed by atoms with E-state index in [1.807, 2.05) is 65.6 Å². The summed E-state index contributed by atoms with van der Waals surface area (Å²) in [5.74, 6) is 0.864. The van der Waals surface area contributed by atoms with Crippen LogP contribution in [0.4, 0.5) is 0 Å². The molecule has 1 saturated heterocycles. The highest BCUT2D eigenvalue weighted by Gasteiger charge is 2.40. The van der Waals surface area contributed by atoms with Gasteiger partial charge >= 0.3 is 5.97 Å². The Kier molecular flexibility index (Phi) is 14.2. The van der Waals surface area contributed by atoms with Crippen molar-refractivity contribution in [3.05, 3.63) is 83.9 Å². The molecule has 1 aliphatic heterocycles. The fraction of sp³-hybridized carbons (Fsp3) is 0.417. The van der Waals surface area contributed by atoms with Crippen LogP contribution in [0, 0.1) is 11.3 Å². The first-order valence-electron chi connectivity index (χ1n) is 15.6. The standard InChI is InChI=1S/C36H45N3O5.ClH/c1-3-4-5-6-22-43-32-17-9-26(10-18-32)8-7-21-39-31(23-30(36(39)41)24-34(40)42-2)25-44-33-19-15-28(16-20-33)27-11-13-29(14-12-27)35(37)38;/h9-20,30-31H,3-8,21-25H2,1-2H3,(H3,37,38);1H/t30-,31-;/m0./s1. The molecule has 1 amide bonds. The van der Waals surface area contributed by atoms with E-state index < -0.39 is 5.92 Å². The second-order valence-electron chi connectivity index (χ2n) is 11.4. The molecule has 0 bridgehead atoms. The number of halogens is 1. The van der Waals surface area contributed by atoms with E-state index in [4.69, 9.17) is 25.4 Å². The Morgan fingerprint density at radius 1 is 0.889 bits per heavy atom. The molecule has 0 aliphatic carbocycles. The molecular formula is C36H46ClN3O5. The topological polar surface area (TPSA) is 115 Å². The monoisotopic (exact) mass is 635 g/mol. The van der Waals surface area contributed by atoms with E-state index in [2.05, 4.69) is 19.1 Å². The molecule has 8 nitrogen and oxygen atoms in total. The van der Waals surface area contributed by atoms with E-state index in [-0.39, 0.29) is 42.6 Å². The Morgan fingerprint density at radius 3 is 2.13 bits per heavy atom. The summed E-state index contributed by atoms with van der Waals surface area (Å²) in [5.41, 5.74) is 9.49. The van der Waals surface area contributed by atoms with Gasteiger partial charge in [0.25, 0.3) is 0 Å². The third kappa shape index (κ3) is 10.5. The first-order valence-corrected chi connectivity index (χ1v) is 15.6. The van der Waals surface area contributed by atoms with Gasteiger partial charge in [-0.05, 0) is 66.6 Å². The minimum Gasteiger partial charge on any atom is -0.494 e. The lowest BCUT2D eigenvalue weighted by Gasteiger charge is -2.25. The van der Waals surface area contributed by atoms with Gasteiger partial charge in [-0.3, -0.25) is 15.0 Å². The van der Waals surface area contributed by atoms with Crippen molar-refractivity contribution in [3.8, 4) is 22.6 Å². The first-order chi connectivity index (χ1) is 21.4. The fourth-order valence-electron chi connectivity index (χ4n) is 5.58. The quantitative estimate of drug-likeness (QED) is 0.0729. The largest absolute Gasteiger partial charge is 0.494 e. The van der Waals surface area contributed by atoms with Crippen molar-refractivity contribution in [2.24, 2.45) is 11.7 Å². The van der Waals surface area contributed by atoms with Crippen LogP contribution in [0.2, 0.25) is 0 Å². The molecule has 0 spiro atoms. The summed E-state index contributed by atoms with van der Waals surface area (Å²) in [5, 5.41) is 7.56. The molecule has 45 heavy (non-hydrogen) atoms. The van der Waals surface area contributed by atoms with Gasteiger partial charge in [0.2, 0.25) is 5.91 Å². The van der Waals surface area contributed by atoms with E-state index in [0.717, 1.165) is 42.7 Å². The Bertz CT molecular complexity index is 1360. The zero-order valence-corrected chi connectivity index (χ0v) is 27.2. The lowest BCUT2D eigenvalue weighted by atomic mass is 10.0. The Labute approximate surface area is 273 Å². The van der Waals surface area contributed by atoms with Crippen LogP contribution in [-0.2, 0) is 20.7 Å². The number of aryl methyl sites for hydroxylation is 1. The summed E-state index contributed by atoms with van der Waals surface area (Å²) in [6, 6.07) is 23.4. The summed E-state index contributed by atoms with van der Waals surface area (Å²) in [6.07, 6.45) is 7.01. The summed E-state index contributed by atoms with van der Waals surface area (Å²) in [6.45, 7) is 3.89. The first kappa shape index (κ1) is 35.4. The number of hydrogen-bond donors (Lipinski definition) is 2. The van der Waals surface area contributed by atoms with E-state index in [0.29, 0.717) is 30.9 Å². The highest BCUT2D eigenvalue weighted by atomic mass is 35.5. The summed E-state index contributed by atoms with van der Waals surface area (Å²) in [4.78, 5) is 27.2. The molecule has 1 aliphatic rings. The van der Waals surface area contributed by atoms with Crippen LogP contribution < -0.4 is 15.2 Å². The number of carbonyl (C=O) groups is 2. The molecule has 0 radical (unpaired) electrons. The normalized spacial score (nSPS) is 15.8. The van der Waals surface area contributed by atoms with E-state index in [1.54, 1.807) is 0 Å². The lowest BCUT2D eigenvalue weighted by Crippen LogP contribution is -2.38. The lowest BCUT2D eigenvalue weighted by molar-refractivity contribution is -0.144. The minimum atomic E-state index is -0.398. The zero-order chi connectivity index (χ0) is 31.3. The molecule has 4 rings (SSSR count). The summed E-state index contributed by atoms with van der Waals surface area (Å²) >= 11 is 0. The molecule has 0 saturated carbocycles. The molecule has 9 heteroatoms. The van der Waals surface area contributed by atoms with Crippen LogP contribution >= 0.6 is 12.4 Å². The number of amidine groups is 1. The van der Waals surface area contributed by atoms with E-state index in [9.17, 15) is 9.59 Å². The van der Waals surface area contributed by atoms with Crippen molar-refractivity contribution in [1.29, 1.82) is 5.41 Å². The minimum absolute atomic E-state index is 0. The highest BCUT2D eigenvalue weighted by molar-refractivity contribution is 5.95. The number of unbranched alkanes of at least 4 members (excludes halogenated alkanes) is 3. The number of amides is 1. The highest BCUT2D eigenvalue weighted by Crippen LogP contribution is 2.30. The smallest absolute Gasteiger partial charge is 0.306 e. The molecule has 1 fully saturated rings. The molecule has 3 aromatic rings. The molecule has 3 aromatic carbocycles. The Morgan fingerprint density at radius 2 is 1.51 bits per heavy atom. The van der Waals surface area contributed by atoms with Crippen molar-refractivity contribution in [2.75, 3.05) is 26.9 Å². The maximum atomic E-state index is 13.3. The van der Waals surface area contributed by atoms with Crippen LogP contribution in [0.3, 0.4) is 0 Å². The van der Waals surface area contributed by atoms with Crippen LogP contribution in [0.15, 0.2) is 72.8 Å². The van der Waals surface area contributed by atoms with Gasteiger partial charge in [0, 0.05) is 12.1 Å². The van der Waals surface area contributed by atoms with Crippen molar-refractivity contribution in [1.82, 2.24) is 4.90 Å². The van der Waals surface area contributed by atoms with Gasteiger partial charge in [0.15, 0.2) is 0 Å². The second-order valence-corrected chi connectivity index (χ2v) is 11.4. The number of methoxy groups -OCH3 is 1. The zero-order valence-electron chi connectivity index (χ0n) is 26.3. The average molecular weight is 636 g/mol. The summed E-state index contributed by atoms with van der Waals surface area (Å²) in [7, 11) is 1.35. The maximum absolute atomic E-state index is 13.3. The van der Waals surface area contributed by atoms with Crippen LogP contribution in [0.5, 0.6) is 11.5 Å². The number of ether oxygens (including phenoxy) is 3. The van der Waals surface area contributed by atoms with Crippen molar-refractivity contribution >= 4 is 30.1 Å². The second kappa shape index (κ2) is 18.1. The molecule has 0 unspecified atom stereocenters. The number of benzene rings is 3. The maximum Gasteiger partial charge on any atom is 0.306 e. The predicted molar refractivity (Wildman–Crippen MR) is 180 cm³/mol. The van der Waals surface area contributed by atoms with Gasteiger partial charge in [0.1, 0.15) is 23.9 Å². The van der Waals surface area contributed by atoms with Gasteiger partial charge in [-0.2, -0.15) is 0 Å². The molecule has 0 aromatic heterocycles. The average Bonchev–Trinajstić information content (AvgIpc) is 3.34. The number of likely N-dealkylation sites (tertiary alicyclic amines) is 1. The molecule has 2 atom stereocenters. The van der Waals surface area contributed by atoms with Gasteiger partial charge in [-0.1, -0.05) is 74.7 Å². The van der Waals surface area contributed by atoms with Crippen LogP contribution in [0.25, 0.3) is 11.1 Å². The number of nitrogens with two attached hydrogens (primary N) is 1. The van der Waals surface area contributed by atoms with Crippen molar-refractivity contribution < 1.29 is 23.8 Å². The van der Waals surface area contributed by atoms with Crippen LogP contribution in [-0.4, -0.2) is 55.5 Å². The van der Waals surface area contributed by atoms with Crippen molar-refractivity contribution in [3.63, 3.8) is 0 Å². The number of nitrogens with zero attached hydrogens (tertiary/aromatic N) is 1. The van der Waals surface area contributed by atoms with Gasteiger partial charge in [0.05, 0.1) is 32.1 Å². The van der Waals surface area contributed by atoms with Crippen molar-refractivity contribution in [2.45, 2.75) is 64.3 Å². The number of carbonyl (C=O) groups excluding carboxylic acids is 2. The SMILES string of the molecule is CCCCCCOc1ccc(CCCN2C(=O)[C@H](CC(=O)OC)C[C@H]2COc2ccc(-c3ccc(C(=N)N)cc3)cc2)cc1.Cl. The molecular weight excluding hydrogens is 590 g/mol. The fourth-order valence-corrected chi connectivity index (χ4v) is 5.58. The van der Waals surface area contributed by atoms with Crippen LogP contribution in [0.1, 0.15) is 63.0 Å². The predicted octanol–water partition coefficient (Wildman–Crippen LogP) is 6.81. The Balaban J connectivity index is 0.00000552. The number of rotatable bonds is 17. The van der Waals surface area contributed by atoms with Gasteiger partial charge in [-0.15, -0.1) is 12.4 Å². The van der Waals surface area contributed by atoms with Gasteiger partial charge in [-0.25, -0.2) is 0 Å². The molecule has 1 heterocycles. The number of nitrogens with one attached hydrogen (secondary N) is 1. The number of nitrogen functional groups attached to an aromatic ring is 1. The van der Waals surface area contributed by atoms with E-state index >= 15 is 0 Å². The molecule has 3 N–H and O–H groups in total. The number of esters is 1. The van der Waals surface area contributed by atoms with E-state index in [1.165, 1.54) is 31.9 Å².